The topological polar surface area (TPSA) is 44.5 Å². The van der Waals surface area contributed by atoms with Gasteiger partial charge in [-0.3, -0.25) is 0 Å². The van der Waals surface area contributed by atoms with Crippen LogP contribution in [0.3, 0.4) is 0 Å². The Hall–Kier alpha value is -1.71. The van der Waals surface area contributed by atoms with Gasteiger partial charge in [-0.25, -0.2) is 0 Å². The first-order valence-electron chi connectivity index (χ1n) is 6.12. The van der Waals surface area contributed by atoms with Crippen LogP contribution in [-0.2, 0) is 6.54 Å². The summed E-state index contributed by atoms with van der Waals surface area (Å²) in [5.41, 5.74) is 6.49. The molecule has 0 fully saturated rings. The third kappa shape index (κ3) is 3.40. The van der Waals surface area contributed by atoms with E-state index in [0.717, 1.165) is 17.1 Å². The van der Waals surface area contributed by atoms with Crippen LogP contribution in [0.1, 0.15) is 12.5 Å². The van der Waals surface area contributed by atoms with E-state index in [-0.39, 0.29) is 0 Å². The minimum atomic E-state index is 0.339. The second-order valence-corrected chi connectivity index (χ2v) is 4.33. The van der Waals surface area contributed by atoms with Crippen LogP contribution in [0, 0.1) is 0 Å². The van der Waals surface area contributed by atoms with E-state index in [9.17, 15) is 0 Å². The summed E-state index contributed by atoms with van der Waals surface area (Å²) in [5.74, 6) is 2.22. The van der Waals surface area contributed by atoms with Gasteiger partial charge in [0.2, 0.25) is 0 Å². The van der Waals surface area contributed by atoms with Crippen LogP contribution < -0.4 is 15.2 Å². The Morgan fingerprint density at radius 2 is 1.74 bits per heavy atom. The third-order valence-corrected chi connectivity index (χ3v) is 3.00. The fourth-order valence-corrected chi connectivity index (χ4v) is 1.97. The molecular weight excluding hydrogens is 262 g/mol. The van der Waals surface area contributed by atoms with Gasteiger partial charge in [0.25, 0.3) is 0 Å². The minimum absolute atomic E-state index is 0.339. The Balaban J connectivity index is 2.19. The molecule has 2 aromatic rings. The molecule has 100 valence electrons. The summed E-state index contributed by atoms with van der Waals surface area (Å²) in [6.45, 7) is 2.93. The van der Waals surface area contributed by atoms with Crippen molar-refractivity contribution in [2.75, 3.05) is 6.61 Å². The molecule has 0 aliphatic carbocycles. The second-order valence-electron chi connectivity index (χ2n) is 3.93. The van der Waals surface area contributed by atoms with Crippen molar-refractivity contribution in [1.29, 1.82) is 0 Å². The van der Waals surface area contributed by atoms with Crippen molar-refractivity contribution < 1.29 is 9.47 Å². The number of nitrogens with two attached hydrogens (primary N) is 1. The average Bonchev–Trinajstić information content (AvgIpc) is 2.42. The zero-order chi connectivity index (χ0) is 13.7. The Kier molecular flexibility index (Phi) is 4.66. The number of halogens is 1. The molecule has 2 rings (SSSR count). The van der Waals surface area contributed by atoms with Gasteiger partial charge in [0.15, 0.2) is 0 Å². The van der Waals surface area contributed by atoms with E-state index in [1.54, 1.807) is 6.07 Å². The molecule has 0 spiro atoms. The van der Waals surface area contributed by atoms with Gasteiger partial charge in [-0.2, -0.15) is 0 Å². The van der Waals surface area contributed by atoms with Gasteiger partial charge in [0, 0.05) is 17.1 Å². The summed E-state index contributed by atoms with van der Waals surface area (Å²) in [5, 5.41) is 0.617. The van der Waals surface area contributed by atoms with Crippen molar-refractivity contribution in [2.45, 2.75) is 13.5 Å². The molecular formula is C15H16ClNO2. The smallest absolute Gasteiger partial charge is 0.133 e. The van der Waals surface area contributed by atoms with E-state index < -0.39 is 0 Å². The number of ether oxygens (including phenoxy) is 2. The molecule has 2 aromatic carbocycles. The standard InChI is InChI=1S/C15H16ClNO2/c1-2-18-11-6-8-12(9-7-11)19-15-5-3-4-14(16)13(15)10-17/h3-9H,2,10,17H2,1H3. The fourth-order valence-electron chi connectivity index (χ4n) is 1.73. The van der Waals surface area contributed by atoms with E-state index in [2.05, 4.69) is 0 Å². The highest BCUT2D eigenvalue weighted by Crippen LogP contribution is 2.30. The van der Waals surface area contributed by atoms with E-state index >= 15 is 0 Å². The lowest BCUT2D eigenvalue weighted by Crippen LogP contribution is -2.00. The quantitative estimate of drug-likeness (QED) is 0.899. The molecule has 0 saturated heterocycles. The van der Waals surface area contributed by atoms with Gasteiger partial charge in [-0.15, -0.1) is 0 Å². The highest BCUT2D eigenvalue weighted by Gasteiger charge is 2.07. The molecule has 0 bridgehead atoms. The number of hydrogen-bond acceptors (Lipinski definition) is 3. The van der Waals surface area contributed by atoms with Gasteiger partial charge in [-0.1, -0.05) is 17.7 Å². The lowest BCUT2D eigenvalue weighted by Gasteiger charge is -2.11. The summed E-state index contributed by atoms with van der Waals surface area (Å²) in [4.78, 5) is 0. The summed E-state index contributed by atoms with van der Waals surface area (Å²) in [6.07, 6.45) is 0. The van der Waals surface area contributed by atoms with Gasteiger partial charge in [0.1, 0.15) is 17.2 Å². The predicted molar refractivity (Wildman–Crippen MR) is 77.0 cm³/mol. The van der Waals surface area contributed by atoms with Crippen molar-refractivity contribution in [2.24, 2.45) is 5.73 Å². The lowest BCUT2D eigenvalue weighted by molar-refractivity contribution is 0.339. The number of hydrogen-bond donors (Lipinski definition) is 1. The van der Waals surface area contributed by atoms with Crippen molar-refractivity contribution in [3.05, 3.63) is 53.1 Å². The van der Waals surface area contributed by atoms with Crippen LogP contribution in [0.15, 0.2) is 42.5 Å². The maximum atomic E-state index is 6.08. The molecule has 0 aliphatic rings. The molecule has 2 N–H and O–H groups in total. The molecule has 0 heterocycles. The van der Waals surface area contributed by atoms with E-state index in [4.69, 9.17) is 26.8 Å². The molecule has 0 radical (unpaired) electrons. The van der Waals surface area contributed by atoms with Crippen molar-refractivity contribution in [3.63, 3.8) is 0 Å². The Morgan fingerprint density at radius 1 is 1.05 bits per heavy atom. The SMILES string of the molecule is CCOc1ccc(Oc2cccc(Cl)c2CN)cc1. The maximum Gasteiger partial charge on any atom is 0.133 e. The van der Waals surface area contributed by atoms with Gasteiger partial charge < -0.3 is 15.2 Å². The van der Waals surface area contributed by atoms with Crippen molar-refractivity contribution in [1.82, 2.24) is 0 Å². The van der Waals surface area contributed by atoms with Gasteiger partial charge in [-0.05, 0) is 43.3 Å². The molecule has 0 atom stereocenters. The van der Waals surface area contributed by atoms with Gasteiger partial charge in [0.05, 0.1) is 6.61 Å². The maximum absolute atomic E-state index is 6.08. The highest BCUT2D eigenvalue weighted by atomic mass is 35.5. The Labute approximate surface area is 117 Å². The molecule has 0 unspecified atom stereocenters. The van der Waals surface area contributed by atoms with Crippen LogP contribution in [-0.4, -0.2) is 6.61 Å². The highest BCUT2D eigenvalue weighted by molar-refractivity contribution is 6.31. The second kappa shape index (κ2) is 6.45. The van der Waals surface area contributed by atoms with Crippen LogP contribution in [0.4, 0.5) is 0 Å². The van der Waals surface area contributed by atoms with Crippen molar-refractivity contribution >= 4 is 11.6 Å². The zero-order valence-electron chi connectivity index (χ0n) is 10.7. The molecule has 0 aromatic heterocycles. The summed E-state index contributed by atoms with van der Waals surface area (Å²) >= 11 is 6.08. The summed E-state index contributed by atoms with van der Waals surface area (Å²) in [6, 6.07) is 12.9. The van der Waals surface area contributed by atoms with Gasteiger partial charge >= 0.3 is 0 Å². The Bertz CT molecular complexity index is 540. The molecule has 19 heavy (non-hydrogen) atoms. The molecule has 4 heteroatoms. The first-order chi connectivity index (χ1) is 9.24. The van der Waals surface area contributed by atoms with E-state index in [1.165, 1.54) is 0 Å². The van der Waals surface area contributed by atoms with E-state index in [0.29, 0.717) is 23.9 Å². The summed E-state index contributed by atoms with van der Waals surface area (Å²) in [7, 11) is 0. The van der Waals surface area contributed by atoms with E-state index in [1.807, 2.05) is 43.3 Å². The predicted octanol–water partition coefficient (Wildman–Crippen LogP) is 3.99. The normalized spacial score (nSPS) is 10.3. The molecule has 0 saturated carbocycles. The average molecular weight is 278 g/mol. The van der Waals surface area contributed by atoms with Crippen LogP contribution in [0.5, 0.6) is 17.2 Å². The molecule has 3 nitrogen and oxygen atoms in total. The van der Waals surface area contributed by atoms with Crippen LogP contribution in [0.2, 0.25) is 5.02 Å². The molecule has 0 aliphatic heterocycles. The molecule has 0 amide bonds. The lowest BCUT2D eigenvalue weighted by atomic mass is 10.2. The fraction of sp³-hybridized carbons (Fsp3) is 0.200. The first-order valence-corrected chi connectivity index (χ1v) is 6.50. The first kappa shape index (κ1) is 13.7. The van der Waals surface area contributed by atoms with Crippen molar-refractivity contribution in [3.8, 4) is 17.2 Å². The van der Waals surface area contributed by atoms with Crippen LogP contribution >= 0.6 is 11.6 Å². The zero-order valence-corrected chi connectivity index (χ0v) is 11.5. The number of benzene rings is 2. The van der Waals surface area contributed by atoms with Crippen LogP contribution in [0.25, 0.3) is 0 Å². The summed E-state index contributed by atoms with van der Waals surface area (Å²) < 4.78 is 11.2. The largest absolute Gasteiger partial charge is 0.494 e. The number of rotatable bonds is 5. The monoisotopic (exact) mass is 277 g/mol. The Morgan fingerprint density at radius 3 is 2.37 bits per heavy atom. The third-order valence-electron chi connectivity index (χ3n) is 2.64. The minimum Gasteiger partial charge on any atom is -0.494 e.